The van der Waals surface area contributed by atoms with Crippen LogP contribution in [0.3, 0.4) is 0 Å². The van der Waals surface area contributed by atoms with Gasteiger partial charge in [0, 0.05) is 33.2 Å². The van der Waals surface area contributed by atoms with E-state index in [1.807, 2.05) is 62.4 Å². The van der Waals surface area contributed by atoms with Crippen LogP contribution >= 0.6 is 27.7 Å². The van der Waals surface area contributed by atoms with Crippen molar-refractivity contribution in [3.05, 3.63) is 70.0 Å². The highest BCUT2D eigenvalue weighted by Crippen LogP contribution is 2.26. The molecule has 2 aromatic carbocycles. The first-order valence-electron chi connectivity index (χ1n) is 9.11. The SMILES string of the molecule is COc1ccc2nc(SCC(=O)c3cc(C)n(-c4ccc(Br)cc4)c3C)[nH]c2c1. The number of carbonyl (C=O) groups is 1. The fourth-order valence-corrected chi connectivity index (χ4v) is 4.44. The molecule has 0 unspecified atom stereocenters. The van der Waals surface area contributed by atoms with Crippen molar-refractivity contribution < 1.29 is 9.53 Å². The smallest absolute Gasteiger partial charge is 0.175 e. The van der Waals surface area contributed by atoms with Crippen molar-refractivity contribution in [3.8, 4) is 11.4 Å². The number of imidazole rings is 1. The van der Waals surface area contributed by atoms with E-state index in [0.29, 0.717) is 5.75 Å². The molecule has 0 atom stereocenters. The summed E-state index contributed by atoms with van der Waals surface area (Å²) in [7, 11) is 1.64. The maximum Gasteiger partial charge on any atom is 0.175 e. The van der Waals surface area contributed by atoms with Crippen molar-refractivity contribution in [1.82, 2.24) is 14.5 Å². The van der Waals surface area contributed by atoms with Gasteiger partial charge in [-0.05, 0) is 56.3 Å². The number of carbonyl (C=O) groups excluding carboxylic acids is 1. The van der Waals surface area contributed by atoms with Crippen LogP contribution in [-0.2, 0) is 0 Å². The molecular weight excluding hydrogens is 450 g/mol. The molecule has 7 heteroatoms. The molecule has 0 amide bonds. The van der Waals surface area contributed by atoms with Crippen molar-refractivity contribution in [3.63, 3.8) is 0 Å². The van der Waals surface area contributed by atoms with E-state index in [1.165, 1.54) is 11.8 Å². The second-order valence-corrected chi connectivity index (χ2v) is 8.61. The number of hydrogen-bond acceptors (Lipinski definition) is 4. The van der Waals surface area contributed by atoms with Crippen LogP contribution in [0.15, 0.2) is 58.2 Å². The second-order valence-electron chi connectivity index (χ2n) is 6.73. The highest BCUT2D eigenvalue weighted by Gasteiger charge is 2.17. The van der Waals surface area contributed by atoms with Gasteiger partial charge in [-0.2, -0.15) is 0 Å². The van der Waals surface area contributed by atoms with Crippen LogP contribution in [0.5, 0.6) is 5.75 Å². The maximum atomic E-state index is 12.9. The first kappa shape index (κ1) is 19.8. The van der Waals surface area contributed by atoms with Crippen molar-refractivity contribution >= 4 is 44.5 Å². The Morgan fingerprint density at radius 3 is 2.66 bits per heavy atom. The largest absolute Gasteiger partial charge is 0.497 e. The third-order valence-electron chi connectivity index (χ3n) is 4.82. The lowest BCUT2D eigenvalue weighted by Gasteiger charge is -2.10. The van der Waals surface area contributed by atoms with Crippen LogP contribution in [0.25, 0.3) is 16.7 Å². The molecule has 1 N–H and O–H groups in total. The highest BCUT2D eigenvalue weighted by molar-refractivity contribution is 9.10. The number of nitrogens with one attached hydrogen (secondary N) is 1. The van der Waals surface area contributed by atoms with E-state index in [9.17, 15) is 4.79 Å². The number of thioether (sulfide) groups is 1. The zero-order valence-corrected chi connectivity index (χ0v) is 18.7. The summed E-state index contributed by atoms with van der Waals surface area (Å²) in [6.45, 7) is 4.01. The quantitative estimate of drug-likeness (QED) is 0.289. The van der Waals surface area contributed by atoms with E-state index < -0.39 is 0 Å². The summed E-state index contributed by atoms with van der Waals surface area (Å²) in [6.07, 6.45) is 0. The van der Waals surface area contributed by atoms with Gasteiger partial charge in [-0.3, -0.25) is 4.79 Å². The van der Waals surface area contributed by atoms with Crippen LogP contribution in [0.1, 0.15) is 21.7 Å². The molecule has 5 nitrogen and oxygen atoms in total. The predicted molar refractivity (Wildman–Crippen MR) is 121 cm³/mol. The van der Waals surface area contributed by atoms with E-state index in [4.69, 9.17) is 4.74 Å². The fraction of sp³-hybridized carbons (Fsp3) is 0.182. The molecular formula is C22H20BrN3O2S. The van der Waals surface area contributed by atoms with Gasteiger partial charge in [-0.1, -0.05) is 27.7 Å². The summed E-state index contributed by atoms with van der Waals surface area (Å²) in [6, 6.07) is 15.7. The van der Waals surface area contributed by atoms with Gasteiger partial charge in [0.1, 0.15) is 5.75 Å². The van der Waals surface area contributed by atoms with Crippen LogP contribution in [0.2, 0.25) is 0 Å². The zero-order valence-electron chi connectivity index (χ0n) is 16.3. The first-order chi connectivity index (χ1) is 14.0. The summed E-state index contributed by atoms with van der Waals surface area (Å²) >= 11 is 4.88. The average molecular weight is 470 g/mol. The van der Waals surface area contributed by atoms with Gasteiger partial charge in [0.15, 0.2) is 10.9 Å². The number of benzene rings is 2. The summed E-state index contributed by atoms with van der Waals surface area (Å²) in [5.74, 6) is 1.18. The summed E-state index contributed by atoms with van der Waals surface area (Å²) < 4.78 is 8.38. The Morgan fingerprint density at radius 1 is 1.17 bits per heavy atom. The molecule has 0 aliphatic heterocycles. The number of rotatable bonds is 6. The van der Waals surface area contributed by atoms with Crippen LogP contribution in [0, 0.1) is 13.8 Å². The van der Waals surface area contributed by atoms with Crippen LogP contribution in [0.4, 0.5) is 0 Å². The van der Waals surface area contributed by atoms with Gasteiger partial charge in [-0.25, -0.2) is 4.98 Å². The van der Waals surface area contributed by atoms with E-state index in [2.05, 4.69) is 30.5 Å². The molecule has 2 heterocycles. The summed E-state index contributed by atoms with van der Waals surface area (Å²) in [5.41, 5.74) is 5.53. The Labute approximate surface area is 181 Å². The van der Waals surface area contributed by atoms with Gasteiger partial charge in [0.2, 0.25) is 0 Å². The number of ketones is 1. The summed E-state index contributed by atoms with van der Waals surface area (Å²) in [4.78, 5) is 20.7. The number of aromatic nitrogens is 3. The van der Waals surface area contributed by atoms with Crippen molar-refractivity contribution in [2.45, 2.75) is 19.0 Å². The Morgan fingerprint density at radius 2 is 1.93 bits per heavy atom. The minimum Gasteiger partial charge on any atom is -0.497 e. The van der Waals surface area contributed by atoms with Crippen molar-refractivity contribution in [1.29, 1.82) is 0 Å². The number of hydrogen-bond donors (Lipinski definition) is 1. The number of halogens is 1. The molecule has 4 aromatic rings. The Hall–Kier alpha value is -2.51. The number of H-pyrrole nitrogens is 1. The Bertz CT molecular complexity index is 1190. The van der Waals surface area contributed by atoms with Crippen molar-refractivity contribution in [2.24, 2.45) is 0 Å². The molecule has 4 rings (SSSR count). The topological polar surface area (TPSA) is 59.9 Å². The van der Waals surface area contributed by atoms with Gasteiger partial charge in [0.25, 0.3) is 0 Å². The molecule has 2 aromatic heterocycles. The van der Waals surface area contributed by atoms with E-state index in [1.54, 1.807) is 7.11 Å². The number of aromatic amines is 1. The number of fused-ring (bicyclic) bond motifs is 1. The van der Waals surface area contributed by atoms with E-state index in [0.717, 1.165) is 49.1 Å². The fourth-order valence-electron chi connectivity index (χ4n) is 3.40. The molecule has 0 spiro atoms. The van der Waals surface area contributed by atoms with Crippen LogP contribution < -0.4 is 4.74 Å². The summed E-state index contributed by atoms with van der Waals surface area (Å²) in [5, 5.41) is 0.725. The molecule has 148 valence electrons. The van der Waals surface area contributed by atoms with Crippen LogP contribution in [-0.4, -0.2) is 33.2 Å². The van der Waals surface area contributed by atoms with Gasteiger partial charge in [0.05, 0.1) is 23.9 Å². The third kappa shape index (κ3) is 3.97. The number of aryl methyl sites for hydroxylation is 1. The number of ether oxygens (including phenoxy) is 1. The molecule has 0 fully saturated rings. The Balaban J connectivity index is 1.53. The molecule has 0 saturated carbocycles. The minimum absolute atomic E-state index is 0.0875. The Kier molecular flexibility index (Phi) is 5.52. The maximum absolute atomic E-state index is 12.9. The van der Waals surface area contributed by atoms with Gasteiger partial charge >= 0.3 is 0 Å². The number of nitrogens with zero attached hydrogens (tertiary/aromatic N) is 2. The van der Waals surface area contributed by atoms with Gasteiger partial charge < -0.3 is 14.3 Å². The average Bonchev–Trinajstić information content (AvgIpc) is 3.26. The molecule has 0 radical (unpaired) electrons. The lowest BCUT2D eigenvalue weighted by molar-refractivity contribution is 0.102. The standard InChI is InChI=1S/C22H20BrN3O2S/c1-13-10-18(14(2)26(13)16-6-4-15(23)5-7-16)21(27)12-29-22-24-19-9-8-17(28-3)11-20(19)25-22/h4-11H,12H2,1-3H3,(H,24,25). The highest BCUT2D eigenvalue weighted by atomic mass is 79.9. The van der Waals surface area contributed by atoms with Gasteiger partial charge in [-0.15, -0.1) is 0 Å². The lowest BCUT2D eigenvalue weighted by atomic mass is 10.2. The van der Waals surface area contributed by atoms with E-state index in [-0.39, 0.29) is 5.78 Å². The zero-order chi connectivity index (χ0) is 20.5. The molecule has 0 saturated heterocycles. The normalized spacial score (nSPS) is 11.2. The lowest BCUT2D eigenvalue weighted by Crippen LogP contribution is -2.05. The molecule has 0 aliphatic carbocycles. The minimum atomic E-state index is 0.0875. The molecule has 0 bridgehead atoms. The van der Waals surface area contributed by atoms with Crippen molar-refractivity contribution in [2.75, 3.05) is 12.9 Å². The molecule has 0 aliphatic rings. The molecule has 29 heavy (non-hydrogen) atoms. The first-order valence-corrected chi connectivity index (χ1v) is 10.9. The number of Topliss-reactive ketones (excluding diaryl/α,β-unsaturated/α-hetero) is 1. The predicted octanol–water partition coefficient (Wildman–Crippen LogP) is 5.72. The number of methoxy groups -OCH3 is 1. The third-order valence-corrected chi connectivity index (χ3v) is 6.23. The monoisotopic (exact) mass is 469 g/mol. The van der Waals surface area contributed by atoms with E-state index >= 15 is 0 Å². The second kappa shape index (κ2) is 8.08.